The van der Waals surface area contributed by atoms with Crippen molar-refractivity contribution in [1.29, 1.82) is 5.41 Å². The van der Waals surface area contributed by atoms with Gasteiger partial charge in [0.15, 0.2) is 0 Å². The van der Waals surface area contributed by atoms with Crippen molar-refractivity contribution in [2.45, 2.75) is 25.2 Å². The van der Waals surface area contributed by atoms with Crippen LogP contribution in [0.25, 0.3) is 11.1 Å². The Bertz CT molecular complexity index is 839. The Morgan fingerprint density at radius 2 is 1.88 bits per heavy atom. The number of likely N-dealkylation sites (tertiary alicyclic amines) is 1. The van der Waals surface area contributed by atoms with Crippen molar-refractivity contribution in [2.24, 2.45) is 0 Å². The van der Waals surface area contributed by atoms with Gasteiger partial charge in [-0.2, -0.15) is 0 Å². The van der Waals surface area contributed by atoms with Gasteiger partial charge in [0.25, 0.3) is 0 Å². The summed E-state index contributed by atoms with van der Waals surface area (Å²) < 4.78 is 5.63. The molecule has 1 saturated heterocycles. The lowest BCUT2D eigenvalue weighted by atomic mass is 9.73. The van der Waals surface area contributed by atoms with E-state index in [4.69, 9.17) is 10.1 Å². The van der Waals surface area contributed by atoms with Gasteiger partial charge in [-0.3, -0.25) is 10.2 Å². The van der Waals surface area contributed by atoms with Gasteiger partial charge >= 0.3 is 0 Å². The van der Waals surface area contributed by atoms with Crippen LogP contribution in [0, 0.1) is 5.41 Å². The summed E-state index contributed by atoms with van der Waals surface area (Å²) in [5, 5.41) is 8.12. The van der Waals surface area contributed by atoms with E-state index >= 15 is 0 Å². The lowest BCUT2D eigenvalue weighted by Crippen LogP contribution is -2.46. The first-order chi connectivity index (χ1) is 12.4. The van der Waals surface area contributed by atoms with Gasteiger partial charge in [-0.15, -0.1) is 0 Å². The van der Waals surface area contributed by atoms with Crippen molar-refractivity contribution in [3.05, 3.63) is 66.7 Å². The molecule has 1 aliphatic rings. The molecule has 4 heteroatoms. The SMILES string of the molecule is C=CCOc1cccc(-c2cccc([C@@]3(C)CC(=N)N(C)C(=O)C3)c2)c1. The van der Waals surface area contributed by atoms with Gasteiger partial charge in [0, 0.05) is 25.3 Å². The molecule has 1 aliphatic heterocycles. The second kappa shape index (κ2) is 7.16. The minimum atomic E-state index is -0.354. The van der Waals surface area contributed by atoms with Crippen molar-refractivity contribution in [3.8, 4) is 16.9 Å². The summed E-state index contributed by atoms with van der Waals surface area (Å²) in [7, 11) is 1.68. The average Bonchev–Trinajstić information content (AvgIpc) is 2.65. The third-order valence-corrected chi connectivity index (χ3v) is 4.97. The molecule has 0 aliphatic carbocycles. The van der Waals surface area contributed by atoms with Crippen molar-refractivity contribution >= 4 is 11.7 Å². The number of rotatable bonds is 5. The molecule has 0 aromatic heterocycles. The van der Waals surface area contributed by atoms with Crippen molar-refractivity contribution in [2.75, 3.05) is 13.7 Å². The quantitative estimate of drug-likeness (QED) is 0.814. The molecule has 0 saturated carbocycles. The number of amidine groups is 1. The minimum Gasteiger partial charge on any atom is -0.490 e. The number of carbonyl (C=O) groups excluding carboxylic acids is 1. The average molecular weight is 348 g/mol. The van der Waals surface area contributed by atoms with Crippen LogP contribution in [-0.2, 0) is 10.2 Å². The standard InChI is InChI=1S/C22H24N2O2/c1-4-11-26-19-10-6-8-17(13-19)16-7-5-9-18(12-16)22(2)14-20(23)24(3)21(25)15-22/h4-10,12-13,23H,1,11,14-15H2,2-3H3/t22-/m0/s1. The largest absolute Gasteiger partial charge is 0.490 e. The van der Waals surface area contributed by atoms with Crippen LogP contribution in [0.3, 0.4) is 0 Å². The molecular weight excluding hydrogens is 324 g/mol. The molecule has 1 atom stereocenters. The highest BCUT2D eigenvalue weighted by molar-refractivity contribution is 6.00. The van der Waals surface area contributed by atoms with E-state index in [0.717, 1.165) is 22.4 Å². The maximum atomic E-state index is 12.3. The van der Waals surface area contributed by atoms with Gasteiger partial charge in [0.2, 0.25) is 5.91 Å². The molecule has 3 rings (SSSR count). The van der Waals surface area contributed by atoms with Gasteiger partial charge in [0.1, 0.15) is 18.2 Å². The Morgan fingerprint density at radius 1 is 1.19 bits per heavy atom. The molecule has 1 amide bonds. The normalized spacial score (nSPS) is 20.2. The van der Waals surface area contributed by atoms with Crippen LogP contribution in [-0.4, -0.2) is 30.3 Å². The predicted molar refractivity (Wildman–Crippen MR) is 105 cm³/mol. The summed E-state index contributed by atoms with van der Waals surface area (Å²) in [5.41, 5.74) is 2.86. The summed E-state index contributed by atoms with van der Waals surface area (Å²) in [6, 6.07) is 16.2. The topological polar surface area (TPSA) is 53.4 Å². The number of hydrogen-bond acceptors (Lipinski definition) is 3. The smallest absolute Gasteiger partial charge is 0.228 e. The Balaban J connectivity index is 1.92. The van der Waals surface area contributed by atoms with Crippen molar-refractivity contribution in [1.82, 2.24) is 4.90 Å². The van der Waals surface area contributed by atoms with E-state index in [1.165, 1.54) is 4.90 Å². The summed E-state index contributed by atoms with van der Waals surface area (Å²) >= 11 is 0. The fourth-order valence-corrected chi connectivity index (χ4v) is 3.35. The number of piperidine rings is 1. The zero-order valence-corrected chi connectivity index (χ0v) is 15.3. The molecule has 1 heterocycles. The molecule has 134 valence electrons. The Hall–Kier alpha value is -2.88. The third kappa shape index (κ3) is 3.54. The number of hydrogen-bond donors (Lipinski definition) is 1. The van der Waals surface area contributed by atoms with E-state index in [-0.39, 0.29) is 11.3 Å². The third-order valence-electron chi connectivity index (χ3n) is 4.97. The first-order valence-electron chi connectivity index (χ1n) is 8.71. The van der Waals surface area contributed by atoms with Crippen LogP contribution in [0.2, 0.25) is 0 Å². The lowest BCUT2D eigenvalue weighted by molar-refractivity contribution is -0.128. The molecule has 0 spiro atoms. The molecule has 2 aromatic rings. The van der Waals surface area contributed by atoms with Crippen LogP contribution in [0.1, 0.15) is 25.3 Å². The second-order valence-corrected chi connectivity index (χ2v) is 7.02. The van der Waals surface area contributed by atoms with E-state index in [1.54, 1.807) is 13.1 Å². The first-order valence-corrected chi connectivity index (χ1v) is 8.71. The second-order valence-electron chi connectivity index (χ2n) is 7.02. The number of carbonyl (C=O) groups is 1. The summed E-state index contributed by atoms with van der Waals surface area (Å²) in [4.78, 5) is 13.7. The molecule has 0 bridgehead atoms. The molecule has 0 radical (unpaired) electrons. The number of amides is 1. The molecule has 1 fully saturated rings. The number of nitrogens with zero attached hydrogens (tertiary/aromatic N) is 1. The Kier molecular flexibility index (Phi) is 4.94. The molecule has 4 nitrogen and oxygen atoms in total. The van der Waals surface area contributed by atoms with E-state index in [9.17, 15) is 4.79 Å². The van der Waals surface area contributed by atoms with E-state index in [1.807, 2.05) is 36.4 Å². The predicted octanol–water partition coefficient (Wildman–Crippen LogP) is 4.41. The fraction of sp³-hybridized carbons (Fsp3) is 0.273. The minimum absolute atomic E-state index is 0.00558. The molecule has 0 unspecified atom stereocenters. The van der Waals surface area contributed by atoms with Crippen LogP contribution in [0.15, 0.2) is 61.2 Å². The molecule has 26 heavy (non-hydrogen) atoms. The van der Waals surface area contributed by atoms with Gasteiger partial charge in [-0.05, 0) is 28.8 Å². The van der Waals surface area contributed by atoms with E-state index < -0.39 is 0 Å². The summed E-state index contributed by atoms with van der Waals surface area (Å²) in [6.07, 6.45) is 2.69. The first kappa shape index (κ1) is 17.9. The monoisotopic (exact) mass is 348 g/mol. The Labute approximate surface area is 154 Å². The Morgan fingerprint density at radius 3 is 2.58 bits per heavy atom. The van der Waals surface area contributed by atoms with Crippen LogP contribution >= 0.6 is 0 Å². The lowest BCUT2D eigenvalue weighted by Gasteiger charge is -2.38. The number of nitrogens with one attached hydrogen (secondary N) is 1. The summed E-state index contributed by atoms with van der Waals surface area (Å²) in [5.74, 6) is 1.17. The highest BCUT2D eigenvalue weighted by Crippen LogP contribution is 2.37. The van der Waals surface area contributed by atoms with Crippen LogP contribution in [0.4, 0.5) is 0 Å². The maximum Gasteiger partial charge on any atom is 0.228 e. The molecule has 1 N–H and O–H groups in total. The van der Waals surface area contributed by atoms with Gasteiger partial charge < -0.3 is 9.64 Å². The number of benzene rings is 2. The highest BCUT2D eigenvalue weighted by Gasteiger charge is 2.38. The molecular formula is C22H24N2O2. The zero-order chi connectivity index (χ0) is 18.7. The van der Waals surface area contributed by atoms with Gasteiger partial charge in [-0.1, -0.05) is 56.0 Å². The highest BCUT2D eigenvalue weighted by atomic mass is 16.5. The molecule has 2 aromatic carbocycles. The van der Waals surface area contributed by atoms with Gasteiger partial charge in [-0.25, -0.2) is 0 Å². The van der Waals surface area contributed by atoms with E-state index in [0.29, 0.717) is 25.3 Å². The number of ether oxygens (including phenoxy) is 1. The fourth-order valence-electron chi connectivity index (χ4n) is 3.35. The van der Waals surface area contributed by atoms with Crippen LogP contribution in [0.5, 0.6) is 5.75 Å². The summed E-state index contributed by atoms with van der Waals surface area (Å²) in [6.45, 7) is 6.21. The maximum absolute atomic E-state index is 12.3. The van der Waals surface area contributed by atoms with E-state index in [2.05, 4.69) is 25.6 Å². The zero-order valence-electron chi connectivity index (χ0n) is 15.3. The van der Waals surface area contributed by atoms with Crippen molar-refractivity contribution in [3.63, 3.8) is 0 Å². The van der Waals surface area contributed by atoms with Gasteiger partial charge in [0.05, 0.1) is 0 Å². The van der Waals surface area contributed by atoms with Crippen molar-refractivity contribution < 1.29 is 9.53 Å². The van der Waals surface area contributed by atoms with Crippen LogP contribution < -0.4 is 4.74 Å².